The van der Waals surface area contributed by atoms with Crippen LogP contribution in [0.2, 0.25) is 10.0 Å². The first-order chi connectivity index (χ1) is 9.47. The molecule has 0 aromatic heterocycles. The fourth-order valence-electron chi connectivity index (χ4n) is 2.57. The van der Waals surface area contributed by atoms with Gasteiger partial charge in [0.15, 0.2) is 0 Å². The van der Waals surface area contributed by atoms with Crippen LogP contribution in [0.1, 0.15) is 38.3 Å². The summed E-state index contributed by atoms with van der Waals surface area (Å²) >= 11 is 11.9. The summed E-state index contributed by atoms with van der Waals surface area (Å²) in [6.45, 7) is 4.98. The Bertz CT molecular complexity index is 493. The van der Waals surface area contributed by atoms with Crippen molar-refractivity contribution in [2.45, 2.75) is 38.8 Å². The maximum atomic E-state index is 12.3. The Morgan fingerprint density at radius 2 is 2.15 bits per heavy atom. The van der Waals surface area contributed by atoms with Crippen LogP contribution in [0.3, 0.4) is 0 Å². The molecule has 1 saturated heterocycles. The van der Waals surface area contributed by atoms with E-state index < -0.39 is 0 Å². The van der Waals surface area contributed by atoms with Crippen molar-refractivity contribution >= 4 is 29.1 Å². The third-order valence-electron chi connectivity index (χ3n) is 3.80. The van der Waals surface area contributed by atoms with Crippen LogP contribution < -0.4 is 10.6 Å². The second kappa shape index (κ2) is 6.79. The summed E-state index contributed by atoms with van der Waals surface area (Å²) in [5, 5.41) is 7.46. The van der Waals surface area contributed by atoms with Gasteiger partial charge in [0.2, 0.25) is 5.91 Å². The molecule has 1 aromatic rings. The molecule has 5 heteroatoms. The molecule has 1 aliphatic rings. The van der Waals surface area contributed by atoms with Crippen molar-refractivity contribution in [3.63, 3.8) is 0 Å². The third kappa shape index (κ3) is 3.87. The van der Waals surface area contributed by atoms with E-state index in [1.165, 1.54) is 0 Å². The van der Waals surface area contributed by atoms with Gasteiger partial charge in [-0.1, -0.05) is 29.3 Å². The Labute approximate surface area is 130 Å². The Kier molecular flexibility index (Phi) is 5.30. The molecule has 3 atom stereocenters. The normalized spacial score (nSPS) is 24.2. The molecule has 0 saturated carbocycles. The minimum Gasteiger partial charge on any atom is -0.349 e. The number of carbonyl (C=O) groups excluding carboxylic acids is 1. The Hall–Kier alpha value is -0.770. The molecule has 2 rings (SSSR count). The number of hydrogen-bond acceptors (Lipinski definition) is 2. The van der Waals surface area contributed by atoms with E-state index in [2.05, 4.69) is 17.6 Å². The molecule has 3 nitrogen and oxygen atoms in total. The highest BCUT2D eigenvalue weighted by molar-refractivity contribution is 6.42. The molecule has 0 radical (unpaired) electrons. The number of rotatable bonds is 3. The molecule has 0 spiro atoms. The van der Waals surface area contributed by atoms with Gasteiger partial charge in [-0.15, -0.1) is 0 Å². The largest absolute Gasteiger partial charge is 0.349 e. The molecule has 0 bridgehead atoms. The van der Waals surface area contributed by atoms with Gasteiger partial charge in [0.1, 0.15) is 0 Å². The summed E-state index contributed by atoms with van der Waals surface area (Å²) in [5.41, 5.74) is 0.967. The van der Waals surface area contributed by atoms with Crippen LogP contribution >= 0.6 is 23.2 Å². The number of hydrogen-bond donors (Lipinski definition) is 2. The van der Waals surface area contributed by atoms with Crippen LogP contribution in [-0.4, -0.2) is 18.5 Å². The standard InChI is InChI=1S/C15H20Cl2N2O/c1-9-7-12(5-6-18-9)15(20)19-10(2)11-3-4-13(16)14(17)8-11/h3-4,8-10,12,18H,5-7H2,1-2H3,(H,19,20)/t9-,10?,12-/m0/s1. The number of benzene rings is 1. The van der Waals surface area contributed by atoms with Gasteiger partial charge in [0.25, 0.3) is 0 Å². The summed E-state index contributed by atoms with van der Waals surface area (Å²) < 4.78 is 0. The lowest BCUT2D eigenvalue weighted by Crippen LogP contribution is -2.42. The SMILES string of the molecule is CC(NC(=O)[C@H]1CCN[C@@H](C)C1)c1ccc(Cl)c(Cl)c1. The summed E-state index contributed by atoms with van der Waals surface area (Å²) in [4.78, 5) is 12.3. The second-order valence-corrected chi connectivity index (χ2v) is 6.29. The molecule has 1 heterocycles. The lowest BCUT2D eigenvalue weighted by atomic mass is 9.92. The van der Waals surface area contributed by atoms with Gasteiger partial charge in [-0.2, -0.15) is 0 Å². The average Bonchev–Trinajstić information content (AvgIpc) is 2.41. The van der Waals surface area contributed by atoms with E-state index in [1.54, 1.807) is 12.1 Å². The van der Waals surface area contributed by atoms with Crippen molar-refractivity contribution in [3.05, 3.63) is 33.8 Å². The predicted molar refractivity (Wildman–Crippen MR) is 83.2 cm³/mol. The van der Waals surface area contributed by atoms with E-state index in [0.717, 1.165) is 24.9 Å². The summed E-state index contributed by atoms with van der Waals surface area (Å²) in [6, 6.07) is 5.79. The first kappa shape index (κ1) is 15.6. The molecular formula is C15H20Cl2N2O. The molecule has 1 unspecified atom stereocenters. The van der Waals surface area contributed by atoms with Crippen LogP contribution in [0.5, 0.6) is 0 Å². The highest BCUT2D eigenvalue weighted by Gasteiger charge is 2.25. The average molecular weight is 315 g/mol. The third-order valence-corrected chi connectivity index (χ3v) is 4.54. The lowest BCUT2D eigenvalue weighted by molar-refractivity contribution is -0.126. The zero-order valence-electron chi connectivity index (χ0n) is 11.7. The quantitative estimate of drug-likeness (QED) is 0.895. The van der Waals surface area contributed by atoms with Gasteiger partial charge in [-0.25, -0.2) is 0 Å². The number of amides is 1. The highest BCUT2D eigenvalue weighted by atomic mass is 35.5. The zero-order valence-corrected chi connectivity index (χ0v) is 13.3. The second-order valence-electron chi connectivity index (χ2n) is 5.48. The fraction of sp³-hybridized carbons (Fsp3) is 0.533. The number of nitrogens with one attached hydrogen (secondary N) is 2. The molecule has 110 valence electrons. The predicted octanol–water partition coefficient (Wildman–Crippen LogP) is 3.56. The topological polar surface area (TPSA) is 41.1 Å². The lowest BCUT2D eigenvalue weighted by Gasteiger charge is -2.28. The van der Waals surface area contributed by atoms with E-state index in [-0.39, 0.29) is 17.9 Å². The zero-order chi connectivity index (χ0) is 14.7. The summed E-state index contributed by atoms with van der Waals surface area (Å²) in [7, 11) is 0. The van der Waals surface area contributed by atoms with Crippen LogP contribution in [0.25, 0.3) is 0 Å². The number of halogens is 2. The number of carbonyl (C=O) groups is 1. The molecule has 1 aromatic carbocycles. The van der Waals surface area contributed by atoms with Gasteiger partial charge in [0.05, 0.1) is 16.1 Å². The highest BCUT2D eigenvalue weighted by Crippen LogP contribution is 2.26. The molecule has 1 fully saturated rings. The molecule has 0 aliphatic carbocycles. The Morgan fingerprint density at radius 3 is 2.80 bits per heavy atom. The minimum absolute atomic E-state index is 0.0672. The maximum Gasteiger partial charge on any atom is 0.223 e. The van der Waals surface area contributed by atoms with Crippen LogP contribution in [0.15, 0.2) is 18.2 Å². The van der Waals surface area contributed by atoms with E-state index in [1.807, 2.05) is 13.0 Å². The van der Waals surface area contributed by atoms with Gasteiger partial charge in [-0.05, 0) is 50.9 Å². The first-order valence-electron chi connectivity index (χ1n) is 6.96. The van der Waals surface area contributed by atoms with Crippen molar-refractivity contribution in [2.24, 2.45) is 5.92 Å². The molecule has 20 heavy (non-hydrogen) atoms. The van der Waals surface area contributed by atoms with Gasteiger partial charge >= 0.3 is 0 Å². The van der Waals surface area contributed by atoms with E-state index in [9.17, 15) is 4.79 Å². The van der Waals surface area contributed by atoms with Gasteiger partial charge < -0.3 is 10.6 Å². The van der Waals surface area contributed by atoms with E-state index in [0.29, 0.717) is 16.1 Å². The molecule has 1 aliphatic heterocycles. The van der Waals surface area contributed by atoms with Crippen molar-refractivity contribution in [3.8, 4) is 0 Å². The van der Waals surface area contributed by atoms with Crippen molar-refractivity contribution in [2.75, 3.05) is 6.54 Å². The van der Waals surface area contributed by atoms with Crippen LogP contribution in [-0.2, 0) is 4.79 Å². The van der Waals surface area contributed by atoms with E-state index in [4.69, 9.17) is 23.2 Å². The van der Waals surface area contributed by atoms with Gasteiger partial charge in [-0.3, -0.25) is 4.79 Å². The molecule has 1 amide bonds. The monoisotopic (exact) mass is 314 g/mol. The summed E-state index contributed by atoms with van der Waals surface area (Å²) in [6.07, 6.45) is 1.78. The van der Waals surface area contributed by atoms with Crippen molar-refractivity contribution in [1.29, 1.82) is 0 Å². The first-order valence-corrected chi connectivity index (χ1v) is 7.71. The van der Waals surface area contributed by atoms with Crippen LogP contribution in [0.4, 0.5) is 0 Å². The molecular weight excluding hydrogens is 295 g/mol. The molecule has 2 N–H and O–H groups in total. The summed E-state index contributed by atoms with van der Waals surface area (Å²) in [5.74, 6) is 0.216. The van der Waals surface area contributed by atoms with Crippen molar-refractivity contribution < 1.29 is 4.79 Å². The maximum absolute atomic E-state index is 12.3. The van der Waals surface area contributed by atoms with Gasteiger partial charge in [0, 0.05) is 12.0 Å². The van der Waals surface area contributed by atoms with Crippen molar-refractivity contribution in [1.82, 2.24) is 10.6 Å². The Balaban J connectivity index is 1.97. The minimum atomic E-state index is -0.0672. The van der Waals surface area contributed by atoms with Crippen LogP contribution in [0, 0.1) is 5.92 Å². The number of piperidine rings is 1. The Morgan fingerprint density at radius 1 is 1.40 bits per heavy atom. The smallest absolute Gasteiger partial charge is 0.223 e. The fourth-order valence-corrected chi connectivity index (χ4v) is 2.87. The van der Waals surface area contributed by atoms with E-state index >= 15 is 0 Å².